The van der Waals surface area contributed by atoms with Crippen molar-refractivity contribution in [2.75, 3.05) is 4.90 Å². The lowest BCUT2D eigenvalue weighted by Gasteiger charge is -2.22. The van der Waals surface area contributed by atoms with Crippen molar-refractivity contribution < 1.29 is 9.21 Å². The number of halogens is 2. The summed E-state index contributed by atoms with van der Waals surface area (Å²) in [5, 5.41) is 10.9. The first kappa shape index (κ1) is 20.2. The molecule has 1 unspecified atom stereocenters. The van der Waals surface area contributed by atoms with E-state index in [1.807, 2.05) is 13.0 Å². The van der Waals surface area contributed by atoms with E-state index in [1.54, 1.807) is 36.4 Å². The summed E-state index contributed by atoms with van der Waals surface area (Å²) in [7, 11) is 0. The van der Waals surface area contributed by atoms with Crippen LogP contribution in [0.1, 0.15) is 46.1 Å². The molecular weight excluding hydrogens is 457 g/mol. The predicted molar refractivity (Wildman–Crippen MR) is 122 cm³/mol. The number of amides is 1. The topological polar surface area (TPSA) is 76.3 Å². The second kappa shape index (κ2) is 7.75. The van der Waals surface area contributed by atoms with Crippen LogP contribution in [0.25, 0.3) is 11.0 Å². The number of hydrogen-bond donors (Lipinski definition) is 0. The maximum atomic E-state index is 13.5. The molecule has 2 aromatic carbocycles. The number of rotatable bonds is 4. The predicted octanol–water partition coefficient (Wildman–Crippen LogP) is 5.65. The lowest BCUT2D eigenvalue weighted by molar-refractivity contribution is 0.0970. The lowest BCUT2D eigenvalue weighted by Crippen LogP contribution is -2.29. The summed E-state index contributed by atoms with van der Waals surface area (Å²) in [6.45, 7) is 2.05. The molecular formula is C22H15Cl2N3O3S. The normalized spacial score (nSPS) is 15.6. The van der Waals surface area contributed by atoms with Gasteiger partial charge in [0.1, 0.15) is 10.6 Å². The highest BCUT2D eigenvalue weighted by Crippen LogP contribution is 2.42. The maximum Gasteiger partial charge on any atom is 0.297 e. The average molecular weight is 472 g/mol. The molecule has 0 aliphatic carbocycles. The van der Waals surface area contributed by atoms with Gasteiger partial charge < -0.3 is 4.42 Å². The number of nitrogens with zero attached hydrogens (tertiary/aromatic N) is 3. The van der Waals surface area contributed by atoms with Crippen LogP contribution in [0.15, 0.2) is 51.7 Å². The fraction of sp³-hybridized carbons (Fsp3) is 0.182. The van der Waals surface area contributed by atoms with Crippen LogP contribution in [0.5, 0.6) is 0 Å². The third-order valence-electron chi connectivity index (χ3n) is 5.12. The Labute approximate surface area is 191 Å². The number of hydrogen-bond acceptors (Lipinski definition) is 6. The molecule has 0 spiro atoms. The number of fused-ring (bicyclic) bond motifs is 2. The molecule has 0 saturated carbocycles. The van der Waals surface area contributed by atoms with Crippen molar-refractivity contribution in [3.8, 4) is 0 Å². The number of anilines is 1. The van der Waals surface area contributed by atoms with Crippen LogP contribution in [0.2, 0.25) is 10.0 Å². The molecule has 0 radical (unpaired) electrons. The van der Waals surface area contributed by atoms with E-state index in [0.29, 0.717) is 31.7 Å². The summed E-state index contributed by atoms with van der Waals surface area (Å²) in [6, 6.07) is 11.1. The monoisotopic (exact) mass is 471 g/mol. The van der Waals surface area contributed by atoms with Crippen LogP contribution >= 0.6 is 34.5 Å². The zero-order chi connectivity index (χ0) is 21.7. The molecule has 1 aliphatic rings. The fourth-order valence-corrected chi connectivity index (χ4v) is 5.13. The largest absolute Gasteiger partial charge is 0.450 e. The number of carbonyl (C=O) groups is 1. The Kier molecular flexibility index (Phi) is 5.04. The van der Waals surface area contributed by atoms with Gasteiger partial charge in [0.25, 0.3) is 5.91 Å². The minimum atomic E-state index is -0.733. The van der Waals surface area contributed by atoms with E-state index < -0.39 is 11.9 Å². The number of aromatic nitrogens is 2. The first-order valence-corrected chi connectivity index (χ1v) is 11.2. The van der Waals surface area contributed by atoms with Crippen LogP contribution in [0, 0.1) is 0 Å². The minimum absolute atomic E-state index is 0.00274. The summed E-state index contributed by atoms with van der Waals surface area (Å²) in [5.41, 5.74) is 0.921. The van der Waals surface area contributed by atoms with Crippen molar-refractivity contribution in [2.24, 2.45) is 0 Å². The standard InChI is InChI=1S/C22H15Cl2N3O3S/c1-2-4-16-25-26-22(31-16)27-18(11-5-3-6-12(23)9-11)17-19(28)14-10-13(24)7-8-15(14)30-20(17)21(27)29/h3,5-10,18H,2,4H2,1H3. The van der Waals surface area contributed by atoms with E-state index in [1.165, 1.54) is 16.2 Å². The molecule has 2 aromatic heterocycles. The van der Waals surface area contributed by atoms with Crippen molar-refractivity contribution in [3.63, 3.8) is 0 Å². The molecule has 156 valence electrons. The van der Waals surface area contributed by atoms with E-state index >= 15 is 0 Å². The highest BCUT2D eigenvalue weighted by molar-refractivity contribution is 7.15. The van der Waals surface area contributed by atoms with E-state index in [-0.39, 0.29) is 16.8 Å². The second-order valence-corrected chi connectivity index (χ2v) is 9.09. The summed E-state index contributed by atoms with van der Waals surface area (Å²) in [5.74, 6) is -0.440. The molecule has 1 atom stereocenters. The van der Waals surface area contributed by atoms with Crippen molar-refractivity contribution in [1.29, 1.82) is 0 Å². The van der Waals surface area contributed by atoms with E-state index in [9.17, 15) is 9.59 Å². The van der Waals surface area contributed by atoms with E-state index in [4.69, 9.17) is 27.6 Å². The van der Waals surface area contributed by atoms with Gasteiger partial charge in [-0.2, -0.15) is 0 Å². The van der Waals surface area contributed by atoms with Gasteiger partial charge in [0.15, 0.2) is 5.43 Å². The van der Waals surface area contributed by atoms with Gasteiger partial charge in [0, 0.05) is 16.5 Å². The van der Waals surface area contributed by atoms with Crippen LogP contribution in [-0.2, 0) is 6.42 Å². The van der Waals surface area contributed by atoms with Crippen LogP contribution in [-0.4, -0.2) is 16.1 Å². The molecule has 1 aliphatic heterocycles. The molecule has 0 saturated heterocycles. The van der Waals surface area contributed by atoms with Gasteiger partial charge in [-0.25, -0.2) is 0 Å². The van der Waals surface area contributed by atoms with Gasteiger partial charge in [0.2, 0.25) is 10.9 Å². The Bertz CT molecular complexity index is 1400. The molecule has 0 bridgehead atoms. The second-order valence-electron chi connectivity index (χ2n) is 7.18. The number of carbonyl (C=O) groups excluding carboxylic acids is 1. The highest BCUT2D eigenvalue weighted by Gasteiger charge is 2.45. The quantitative estimate of drug-likeness (QED) is 0.384. The van der Waals surface area contributed by atoms with Gasteiger partial charge in [-0.15, -0.1) is 10.2 Å². The summed E-state index contributed by atoms with van der Waals surface area (Å²) >= 11 is 13.7. The Balaban J connectivity index is 1.78. The number of aryl methyl sites for hydroxylation is 1. The molecule has 6 nitrogen and oxygen atoms in total. The Hall–Kier alpha value is -2.74. The zero-order valence-electron chi connectivity index (χ0n) is 16.3. The fourth-order valence-electron chi connectivity index (χ4n) is 3.79. The molecule has 9 heteroatoms. The molecule has 31 heavy (non-hydrogen) atoms. The minimum Gasteiger partial charge on any atom is -0.450 e. The zero-order valence-corrected chi connectivity index (χ0v) is 18.6. The summed E-state index contributed by atoms with van der Waals surface area (Å²) in [6.07, 6.45) is 1.67. The van der Waals surface area contributed by atoms with Crippen LogP contribution in [0.4, 0.5) is 5.13 Å². The average Bonchev–Trinajstić information content (AvgIpc) is 3.31. The van der Waals surface area contributed by atoms with Crippen molar-refractivity contribution in [1.82, 2.24) is 10.2 Å². The first-order chi connectivity index (χ1) is 15.0. The Morgan fingerprint density at radius 2 is 1.90 bits per heavy atom. The van der Waals surface area contributed by atoms with Gasteiger partial charge >= 0.3 is 0 Å². The molecule has 3 heterocycles. The molecule has 0 N–H and O–H groups in total. The van der Waals surface area contributed by atoms with Gasteiger partial charge in [-0.3, -0.25) is 14.5 Å². The molecule has 1 amide bonds. The third-order valence-corrected chi connectivity index (χ3v) is 6.58. The van der Waals surface area contributed by atoms with Gasteiger partial charge in [0.05, 0.1) is 17.0 Å². The SMILES string of the molecule is CCCc1nnc(N2C(=O)c3oc4ccc(Cl)cc4c(=O)c3C2c2cccc(Cl)c2)s1. The Morgan fingerprint density at radius 3 is 2.68 bits per heavy atom. The molecule has 4 aromatic rings. The van der Waals surface area contributed by atoms with E-state index in [0.717, 1.165) is 17.8 Å². The Morgan fingerprint density at radius 1 is 1.10 bits per heavy atom. The summed E-state index contributed by atoms with van der Waals surface area (Å²) < 4.78 is 5.91. The van der Waals surface area contributed by atoms with Crippen molar-refractivity contribution in [2.45, 2.75) is 25.8 Å². The van der Waals surface area contributed by atoms with Crippen LogP contribution < -0.4 is 10.3 Å². The number of benzene rings is 2. The summed E-state index contributed by atoms with van der Waals surface area (Å²) in [4.78, 5) is 28.4. The van der Waals surface area contributed by atoms with Crippen LogP contribution in [0.3, 0.4) is 0 Å². The maximum absolute atomic E-state index is 13.5. The first-order valence-electron chi connectivity index (χ1n) is 9.65. The van der Waals surface area contributed by atoms with Crippen molar-refractivity contribution >= 4 is 56.5 Å². The smallest absolute Gasteiger partial charge is 0.297 e. The lowest BCUT2D eigenvalue weighted by atomic mass is 9.99. The molecule has 5 rings (SSSR count). The molecule has 0 fully saturated rings. The third kappa shape index (κ3) is 3.33. The van der Waals surface area contributed by atoms with E-state index in [2.05, 4.69) is 10.2 Å². The van der Waals surface area contributed by atoms with Crippen molar-refractivity contribution in [3.05, 3.63) is 84.6 Å². The van der Waals surface area contributed by atoms with Gasteiger partial charge in [-0.05, 0) is 42.3 Å². The highest BCUT2D eigenvalue weighted by atomic mass is 35.5. The van der Waals surface area contributed by atoms with Gasteiger partial charge in [-0.1, -0.05) is 53.6 Å².